The minimum absolute atomic E-state index is 0.00579. The van der Waals surface area contributed by atoms with Gasteiger partial charge >= 0.3 is 0 Å². The molecule has 1 atom stereocenters. The van der Waals surface area contributed by atoms with Crippen molar-refractivity contribution < 1.29 is 19.1 Å². The van der Waals surface area contributed by atoms with Crippen molar-refractivity contribution in [2.45, 2.75) is 44.9 Å². The molecule has 4 rings (SSSR count). The van der Waals surface area contributed by atoms with Crippen molar-refractivity contribution in [3.05, 3.63) is 23.8 Å². The summed E-state index contributed by atoms with van der Waals surface area (Å²) >= 11 is 0. The van der Waals surface area contributed by atoms with E-state index in [0.717, 1.165) is 62.6 Å². The fourth-order valence-corrected chi connectivity index (χ4v) is 4.87. The second kappa shape index (κ2) is 9.87. The third kappa shape index (κ3) is 5.49. The van der Waals surface area contributed by atoms with Crippen LogP contribution in [-0.4, -0.2) is 91.6 Å². The first-order valence-corrected chi connectivity index (χ1v) is 11.4. The van der Waals surface area contributed by atoms with Crippen LogP contribution in [0.5, 0.6) is 11.5 Å². The molecule has 0 aromatic heterocycles. The largest absolute Gasteiger partial charge is 0.497 e. The highest BCUT2D eigenvalue weighted by Crippen LogP contribution is 2.29. The molecule has 0 aliphatic carbocycles. The summed E-state index contributed by atoms with van der Waals surface area (Å²) in [7, 11) is 1.65. The standard InChI is InChI=1S/C23H34N4O4/c1-17-14-25(15-18-3-4-20(30-2)13-21(18)31-17)16-23(29)27-9-5-19(6-10-27)26-11-7-22(28)24-8-12-26/h3-4,13,17,19H,5-12,14-16H2,1-2H3,(H,24,28). The molecule has 0 radical (unpaired) electrons. The fourth-order valence-electron chi connectivity index (χ4n) is 4.87. The van der Waals surface area contributed by atoms with Crippen LogP contribution in [0.25, 0.3) is 0 Å². The van der Waals surface area contributed by atoms with Crippen LogP contribution in [0.1, 0.15) is 31.7 Å². The number of amides is 2. The van der Waals surface area contributed by atoms with Crippen molar-refractivity contribution in [2.75, 3.05) is 52.9 Å². The van der Waals surface area contributed by atoms with Gasteiger partial charge < -0.3 is 19.7 Å². The molecule has 3 aliphatic rings. The summed E-state index contributed by atoms with van der Waals surface area (Å²) in [4.78, 5) is 31.2. The molecule has 0 saturated carbocycles. The van der Waals surface area contributed by atoms with Crippen LogP contribution in [0, 0.1) is 0 Å². The highest BCUT2D eigenvalue weighted by atomic mass is 16.5. The molecule has 0 spiro atoms. The first-order valence-electron chi connectivity index (χ1n) is 11.4. The number of hydrogen-bond acceptors (Lipinski definition) is 6. The molecule has 1 aromatic rings. The Balaban J connectivity index is 1.30. The van der Waals surface area contributed by atoms with Crippen molar-refractivity contribution in [1.29, 1.82) is 0 Å². The molecule has 3 aliphatic heterocycles. The predicted octanol–water partition coefficient (Wildman–Crippen LogP) is 1.09. The number of hydrogen-bond donors (Lipinski definition) is 1. The summed E-state index contributed by atoms with van der Waals surface area (Å²) in [6.45, 7) is 7.88. The molecule has 1 aromatic carbocycles. The quantitative estimate of drug-likeness (QED) is 0.771. The highest BCUT2D eigenvalue weighted by Gasteiger charge is 2.29. The van der Waals surface area contributed by atoms with Crippen molar-refractivity contribution >= 4 is 11.8 Å². The van der Waals surface area contributed by atoms with E-state index in [1.807, 2.05) is 30.0 Å². The van der Waals surface area contributed by atoms with Gasteiger partial charge in [-0.1, -0.05) is 6.07 Å². The van der Waals surface area contributed by atoms with Gasteiger partial charge in [0.2, 0.25) is 11.8 Å². The molecular weight excluding hydrogens is 396 g/mol. The van der Waals surface area contributed by atoms with E-state index in [2.05, 4.69) is 15.1 Å². The normalized spacial score (nSPS) is 23.9. The topological polar surface area (TPSA) is 74.4 Å². The number of likely N-dealkylation sites (tertiary alicyclic amines) is 1. The smallest absolute Gasteiger partial charge is 0.236 e. The number of fused-ring (bicyclic) bond motifs is 1. The summed E-state index contributed by atoms with van der Waals surface area (Å²) < 4.78 is 11.4. The Hall–Kier alpha value is -2.32. The van der Waals surface area contributed by atoms with E-state index >= 15 is 0 Å². The zero-order chi connectivity index (χ0) is 21.8. The van der Waals surface area contributed by atoms with E-state index < -0.39 is 0 Å². The van der Waals surface area contributed by atoms with E-state index in [1.54, 1.807) is 7.11 Å². The summed E-state index contributed by atoms with van der Waals surface area (Å²) in [5.74, 6) is 1.96. The number of methoxy groups -OCH3 is 1. The SMILES string of the molecule is COc1ccc2c(c1)OC(C)CN(CC(=O)N1CCC(N3CCNC(=O)CC3)CC1)C2. The Morgan fingerprint density at radius 2 is 2.03 bits per heavy atom. The van der Waals surface area contributed by atoms with Gasteiger partial charge in [-0.2, -0.15) is 0 Å². The van der Waals surface area contributed by atoms with Gasteiger partial charge in [0, 0.05) is 69.9 Å². The number of benzene rings is 1. The van der Waals surface area contributed by atoms with E-state index in [0.29, 0.717) is 32.1 Å². The van der Waals surface area contributed by atoms with Crippen molar-refractivity contribution in [1.82, 2.24) is 20.0 Å². The maximum Gasteiger partial charge on any atom is 0.236 e. The molecular formula is C23H34N4O4. The van der Waals surface area contributed by atoms with Crippen LogP contribution in [0.15, 0.2) is 18.2 Å². The van der Waals surface area contributed by atoms with Crippen LogP contribution >= 0.6 is 0 Å². The van der Waals surface area contributed by atoms with Crippen LogP contribution in [0.4, 0.5) is 0 Å². The Bertz CT molecular complexity index is 794. The van der Waals surface area contributed by atoms with Crippen LogP contribution in [0.3, 0.4) is 0 Å². The lowest BCUT2D eigenvalue weighted by Crippen LogP contribution is -2.50. The molecule has 1 N–H and O–H groups in total. The molecule has 3 heterocycles. The second-order valence-corrected chi connectivity index (χ2v) is 8.82. The van der Waals surface area contributed by atoms with E-state index in [1.165, 1.54) is 0 Å². The van der Waals surface area contributed by atoms with E-state index in [9.17, 15) is 9.59 Å². The van der Waals surface area contributed by atoms with Crippen LogP contribution in [0.2, 0.25) is 0 Å². The van der Waals surface area contributed by atoms with Gasteiger partial charge in [-0.25, -0.2) is 0 Å². The molecule has 8 heteroatoms. The van der Waals surface area contributed by atoms with Crippen molar-refractivity contribution in [3.63, 3.8) is 0 Å². The Morgan fingerprint density at radius 1 is 1.23 bits per heavy atom. The monoisotopic (exact) mass is 430 g/mol. The predicted molar refractivity (Wildman–Crippen MR) is 117 cm³/mol. The van der Waals surface area contributed by atoms with Gasteiger partial charge in [0.1, 0.15) is 17.6 Å². The number of rotatable bonds is 4. The Morgan fingerprint density at radius 3 is 2.81 bits per heavy atom. The number of carbonyl (C=O) groups is 2. The van der Waals surface area contributed by atoms with E-state index in [4.69, 9.17) is 9.47 Å². The van der Waals surface area contributed by atoms with Crippen molar-refractivity contribution in [3.8, 4) is 11.5 Å². The van der Waals surface area contributed by atoms with Crippen molar-refractivity contribution in [2.24, 2.45) is 0 Å². The number of nitrogens with zero attached hydrogens (tertiary/aromatic N) is 3. The first-order chi connectivity index (χ1) is 15.0. The maximum atomic E-state index is 13.0. The summed E-state index contributed by atoms with van der Waals surface area (Å²) in [5, 5.41) is 2.94. The lowest BCUT2D eigenvalue weighted by molar-refractivity contribution is -0.134. The van der Waals surface area contributed by atoms with Gasteiger partial charge in [-0.15, -0.1) is 0 Å². The average Bonchev–Trinajstić information content (AvgIpc) is 3.07. The van der Waals surface area contributed by atoms with Gasteiger partial charge in [0.15, 0.2) is 0 Å². The average molecular weight is 431 g/mol. The fraction of sp³-hybridized carbons (Fsp3) is 0.652. The molecule has 170 valence electrons. The molecule has 8 nitrogen and oxygen atoms in total. The van der Waals surface area contributed by atoms with Crippen LogP contribution < -0.4 is 14.8 Å². The summed E-state index contributed by atoms with van der Waals surface area (Å²) in [6, 6.07) is 6.35. The third-order valence-electron chi connectivity index (χ3n) is 6.55. The lowest BCUT2D eigenvalue weighted by atomic mass is 10.0. The number of piperidine rings is 1. The van der Waals surface area contributed by atoms with Gasteiger partial charge in [-0.05, 0) is 25.8 Å². The third-order valence-corrected chi connectivity index (χ3v) is 6.55. The van der Waals surface area contributed by atoms with Gasteiger partial charge in [0.05, 0.1) is 13.7 Å². The number of ether oxygens (including phenoxy) is 2. The van der Waals surface area contributed by atoms with E-state index in [-0.39, 0.29) is 17.9 Å². The molecule has 2 saturated heterocycles. The van der Waals surface area contributed by atoms with Gasteiger partial charge in [0.25, 0.3) is 0 Å². The summed E-state index contributed by atoms with van der Waals surface area (Å²) in [5.41, 5.74) is 1.08. The van der Waals surface area contributed by atoms with Gasteiger partial charge in [-0.3, -0.25) is 19.4 Å². The van der Waals surface area contributed by atoms with Crippen LogP contribution in [-0.2, 0) is 16.1 Å². The number of nitrogens with one attached hydrogen (secondary N) is 1. The number of carbonyl (C=O) groups excluding carboxylic acids is 2. The molecule has 2 amide bonds. The zero-order valence-electron chi connectivity index (χ0n) is 18.6. The Labute approximate surface area is 184 Å². The Kier molecular flexibility index (Phi) is 6.97. The molecule has 1 unspecified atom stereocenters. The zero-order valence-corrected chi connectivity index (χ0v) is 18.6. The molecule has 31 heavy (non-hydrogen) atoms. The minimum Gasteiger partial charge on any atom is -0.497 e. The lowest BCUT2D eigenvalue weighted by Gasteiger charge is -2.38. The first kappa shape index (κ1) is 21.9. The highest BCUT2D eigenvalue weighted by molar-refractivity contribution is 5.78. The minimum atomic E-state index is 0.00579. The summed E-state index contributed by atoms with van der Waals surface area (Å²) in [6.07, 6.45) is 2.53. The molecule has 2 fully saturated rings. The molecule has 0 bridgehead atoms. The maximum absolute atomic E-state index is 13.0. The second-order valence-electron chi connectivity index (χ2n) is 8.82.